The molecule has 1 heterocycles. The van der Waals surface area contributed by atoms with Gasteiger partial charge in [-0.05, 0) is 50.3 Å². The highest BCUT2D eigenvalue weighted by Gasteiger charge is 2.45. The molecule has 0 bridgehead atoms. The average molecular weight is 319 g/mol. The van der Waals surface area contributed by atoms with Gasteiger partial charge in [-0.15, -0.1) is 0 Å². The van der Waals surface area contributed by atoms with Gasteiger partial charge in [0.15, 0.2) is 11.5 Å². The molecule has 1 saturated carbocycles. The van der Waals surface area contributed by atoms with Crippen molar-refractivity contribution in [3.8, 4) is 11.5 Å². The van der Waals surface area contributed by atoms with Gasteiger partial charge < -0.3 is 14.2 Å². The maximum atomic E-state index is 6.45. The van der Waals surface area contributed by atoms with E-state index >= 15 is 0 Å². The molecule has 1 N–H and O–H groups in total. The highest BCUT2D eigenvalue weighted by molar-refractivity contribution is 5.43. The van der Waals surface area contributed by atoms with Crippen molar-refractivity contribution in [1.82, 2.24) is 5.32 Å². The van der Waals surface area contributed by atoms with Gasteiger partial charge in [-0.25, -0.2) is 0 Å². The third kappa shape index (κ3) is 3.20. The maximum absolute atomic E-state index is 6.45. The standard InChI is InChI=1S/C19H29NO3/c1-12-6-8-14-16(10-12)23-18(20-19(14,2)3)13-7-9-15(21-4)17(11-13)22-5/h7,9,11-12,14,16,18,20H,6,8,10H2,1-5H3/t12-,14-,16-,18+/m1/s1. The molecule has 1 saturated heterocycles. The van der Waals surface area contributed by atoms with Crippen LogP contribution in [0.4, 0.5) is 0 Å². The summed E-state index contributed by atoms with van der Waals surface area (Å²) in [5.74, 6) is 2.81. The Kier molecular flexibility index (Phi) is 4.56. The van der Waals surface area contributed by atoms with Crippen molar-refractivity contribution >= 4 is 0 Å². The van der Waals surface area contributed by atoms with Crippen LogP contribution < -0.4 is 14.8 Å². The molecule has 3 rings (SSSR count). The van der Waals surface area contributed by atoms with E-state index in [4.69, 9.17) is 14.2 Å². The molecule has 1 aromatic rings. The zero-order valence-electron chi connectivity index (χ0n) is 14.9. The van der Waals surface area contributed by atoms with Gasteiger partial charge in [0.25, 0.3) is 0 Å². The van der Waals surface area contributed by atoms with Crippen LogP contribution in [0.3, 0.4) is 0 Å². The van der Waals surface area contributed by atoms with E-state index in [-0.39, 0.29) is 11.8 Å². The molecular weight excluding hydrogens is 290 g/mol. The van der Waals surface area contributed by atoms with E-state index in [1.807, 2.05) is 12.1 Å². The predicted octanol–water partition coefficient (Wildman–Crippen LogP) is 3.91. The molecule has 0 unspecified atom stereocenters. The Morgan fingerprint density at radius 3 is 2.57 bits per heavy atom. The van der Waals surface area contributed by atoms with Crippen molar-refractivity contribution in [2.75, 3.05) is 14.2 Å². The van der Waals surface area contributed by atoms with E-state index in [0.29, 0.717) is 12.0 Å². The maximum Gasteiger partial charge on any atom is 0.161 e. The Balaban J connectivity index is 1.86. The quantitative estimate of drug-likeness (QED) is 0.917. The lowest BCUT2D eigenvalue weighted by molar-refractivity contribution is -0.156. The largest absolute Gasteiger partial charge is 0.493 e. The Morgan fingerprint density at radius 2 is 1.87 bits per heavy atom. The fraction of sp³-hybridized carbons (Fsp3) is 0.684. The van der Waals surface area contributed by atoms with Crippen LogP contribution in [0.1, 0.15) is 51.8 Å². The number of ether oxygens (including phenoxy) is 3. The van der Waals surface area contributed by atoms with Gasteiger partial charge in [0.2, 0.25) is 0 Å². The van der Waals surface area contributed by atoms with Crippen molar-refractivity contribution < 1.29 is 14.2 Å². The van der Waals surface area contributed by atoms with Gasteiger partial charge in [-0.3, -0.25) is 5.32 Å². The highest BCUT2D eigenvalue weighted by Crippen LogP contribution is 2.44. The van der Waals surface area contributed by atoms with Crippen LogP contribution in [0.15, 0.2) is 18.2 Å². The van der Waals surface area contributed by atoms with Crippen molar-refractivity contribution in [2.24, 2.45) is 11.8 Å². The normalized spacial score (nSPS) is 32.9. The first kappa shape index (κ1) is 16.6. The molecule has 128 valence electrons. The Labute approximate surface area is 139 Å². The summed E-state index contributed by atoms with van der Waals surface area (Å²) in [6, 6.07) is 6.02. The minimum atomic E-state index is -0.101. The molecule has 0 radical (unpaired) electrons. The third-order valence-electron chi connectivity index (χ3n) is 5.51. The molecule has 2 aliphatic rings. The second-order valence-electron chi connectivity index (χ2n) is 7.56. The molecule has 0 amide bonds. The van der Waals surface area contributed by atoms with Gasteiger partial charge in [-0.1, -0.05) is 19.4 Å². The van der Waals surface area contributed by atoms with Crippen molar-refractivity contribution in [1.29, 1.82) is 0 Å². The number of rotatable bonds is 3. The van der Waals surface area contributed by atoms with Crippen molar-refractivity contribution in [3.63, 3.8) is 0 Å². The second kappa shape index (κ2) is 6.33. The molecule has 0 aromatic heterocycles. The first-order valence-corrected chi connectivity index (χ1v) is 8.59. The number of methoxy groups -OCH3 is 2. The SMILES string of the molecule is COc1ccc([C@H]2NC(C)(C)[C@@H]3CC[C@@H](C)C[C@H]3O2)cc1OC. The molecule has 1 aliphatic carbocycles. The van der Waals surface area contributed by atoms with Crippen LogP contribution in [-0.4, -0.2) is 25.9 Å². The van der Waals surface area contributed by atoms with E-state index in [2.05, 4.69) is 32.2 Å². The van der Waals surface area contributed by atoms with Crippen LogP contribution in [0.25, 0.3) is 0 Å². The topological polar surface area (TPSA) is 39.7 Å². The minimum Gasteiger partial charge on any atom is -0.493 e. The fourth-order valence-electron chi connectivity index (χ4n) is 4.14. The lowest BCUT2D eigenvalue weighted by Gasteiger charge is -2.51. The molecule has 23 heavy (non-hydrogen) atoms. The lowest BCUT2D eigenvalue weighted by atomic mass is 9.70. The summed E-state index contributed by atoms with van der Waals surface area (Å²) in [7, 11) is 3.32. The number of nitrogens with one attached hydrogen (secondary N) is 1. The van der Waals surface area contributed by atoms with E-state index in [1.165, 1.54) is 12.8 Å². The number of hydrogen-bond donors (Lipinski definition) is 1. The molecule has 1 aromatic carbocycles. The van der Waals surface area contributed by atoms with Crippen LogP contribution in [0, 0.1) is 11.8 Å². The Bertz CT molecular complexity index is 558. The van der Waals surface area contributed by atoms with Crippen LogP contribution >= 0.6 is 0 Å². The average Bonchev–Trinajstić information content (AvgIpc) is 2.52. The van der Waals surface area contributed by atoms with Crippen molar-refractivity contribution in [3.05, 3.63) is 23.8 Å². The zero-order valence-corrected chi connectivity index (χ0v) is 14.9. The summed E-state index contributed by atoms with van der Waals surface area (Å²) in [4.78, 5) is 0. The fourth-order valence-corrected chi connectivity index (χ4v) is 4.14. The monoisotopic (exact) mass is 319 g/mol. The number of benzene rings is 1. The zero-order chi connectivity index (χ0) is 16.6. The number of fused-ring (bicyclic) bond motifs is 1. The highest BCUT2D eigenvalue weighted by atomic mass is 16.5. The first-order chi connectivity index (χ1) is 10.9. The van der Waals surface area contributed by atoms with E-state index in [1.54, 1.807) is 14.2 Å². The Morgan fingerprint density at radius 1 is 1.13 bits per heavy atom. The molecular formula is C19H29NO3. The molecule has 0 spiro atoms. The van der Waals surface area contributed by atoms with Gasteiger partial charge >= 0.3 is 0 Å². The molecule has 4 atom stereocenters. The third-order valence-corrected chi connectivity index (χ3v) is 5.51. The van der Waals surface area contributed by atoms with Gasteiger partial charge in [0, 0.05) is 11.5 Å². The minimum absolute atomic E-state index is 0.0703. The molecule has 1 aliphatic heterocycles. The van der Waals surface area contributed by atoms with Gasteiger partial charge in [0.1, 0.15) is 6.23 Å². The van der Waals surface area contributed by atoms with E-state index in [9.17, 15) is 0 Å². The summed E-state index contributed by atoms with van der Waals surface area (Å²) < 4.78 is 17.2. The predicted molar refractivity (Wildman–Crippen MR) is 90.9 cm³/mol. The number of hydrogen-bond acceptors (Lipinski definition) is 4. The second-order valence-corrected chi connectivity index (χ2v) is 7.56. The lowest BCUT2D eigenvalue weighted by Crippen LogP contribution is -2.59. The molecule has 4 heteroatoms. The van der Waals surface area contributed by atoms with Crippen molar-refractivity contribution in [2.45, 2.75) is 57.9 Å². The first-order valence-electron chi connectivity index (χ1n) is 8.59. The summed E-state index contributed by atoms with van der Waals surface area (Å²) in [6.07, 6.45) is 3.92. The van der Waals surface area contributed by atoms with Crippen LogP contribution in [0.5, 0.6) is 11.5 Å². The summed E-state index contributed by atoms with van der Waals surface area (Å²) in [5, 5.41) is 3.69. The smallest absolute Gasteiger partial charge is 0.161 e. The summed E-state index contributed by atoms with van der Waals surface area (Å²) >= 11 is 0. The summed E-state index contributed by atoms with van der Waals surface area (Å²) in [6.45, 7) is 6.94. The van der Waals surface area contributed by atoms with Crippen LogP contribution in [0.2, 0.25) is 0 Å². The summed E-state index contributed by atoms with van der Waals surface area (Å²) in [5.41, 5.74) is 1.16. The van der Waals surface area contributed by atoms with Gasteiger partial charge in [0.05, 0.1) is 20.3 Å². The molecule has 2 fully saturated rings. The Hall–Kier alpha value is -1.26. The van der Waals surface area contributed by atoms with Gasteiger partial charge in [-0.2, -0.15) is 0 Å². The molecule has 4 nitrogen and oxygen atoms in total. The van der Waals surface area contributed by atoms with Crippen LogP contribution in [-0.2, 0) is 4.74 Å². The van der Waals surface area contributed by atoms with E-state index < -0.39 is 0 Å². The van der Waals surface area contributed by atoms with E-state index in [0.717, 1.165) is 29.4 Å².